The quantitative estimate of drug-likeness (QED) is 0.772. The van der Waals surface area contributed by atoms with Crippen LogP contribution in [0.5, 0.6) is 0 Å². The highest BCUT2D eigenvalue weighted by Crippen LogP contribution is 2.10. The normalized spacial score (nSPS) is 13.6. The minimum absolute atomic E-state index is 0.434. The number of nitrogens with two attached hydrogens (primary N) is 1. The number of aryl methyl sites for hydroxylation is 1. The molecule has 2 N–H and O–H groups in total. The Morgan fingerprint density at radius 3 is 2.50 bits per heavy atom. The van der Waals surface area contributed by atoms with E-state index in [0.717, 1.165) is 19.3 Å². The molecule has 1 atom stereocenters. The van der Waals surface area contributed by atoms with Gasteiger partial charge in [0, 0.05) is 0 Å². The lowest BCUT2D eigenvalue weighted by molar-refractivity contribution is 0.570. The van der Waals surface area contributed by atoms with Crippen molar-refractivity contribution < 1.29 is 8.42 Å². The lowest BCUT2D eigenvalue weighted by Gasteiger charge is -2.08. The Bertz CT molecular complexity index is 400. The van der Waals surface area contributed by atoms with Crippen LogP contribution in [-0.4, -0.2) is 13.7 Å². The average molecular weight is 240 g/mol. The molecule has 0 bridgehead atoms. The van der Waals surface area contributed by atoms with Crippen molar-refractivity contribution in [1.29, 1.82) is 0 Å². The van der Waals surface area contributed by atoms with Crippen molar-refractivity contribution in [2.45, 2.75) is 37.9 Å². The smallest absolute Gasteiger partial charge is 0.211 e. The fourth-order valence-electron chi connectivity index (χ4n) is 1.51. The van der Waals surface area contributed by atoms with Crippen LogP contribution in [0.15, 0.2) is 24.3 Å². The molecular weight excluding hydrogens is 222 g/mol. The molecule has 0 fully saturated rings. The van der Waals surface area contributed by atoms with Gasteiger partial charge in [0.25, 0.3) is 0 Å². The molecule has 1 unspecified atom stereocenters. The summed E-state index contributed by atoms with van der Waals surface area (Å²) in [5.41, 5.74) is 1.27. The molecule has 1 aromatic carbocycles. The average Bonchev–Trinajstić information content (AvgIpc) is 2.24. The van der Waals surface area contributed by atoms with Crippen LogP contribution in [0.2, 0.25) is 0 Å². The first-order valence-corrected chi connectivity index (χ1v) is 7.07. The Morgan fingerprint density at radius 2 is 1.94 bits per heavy atom. The number of rotatable bonds is 6. The molecule has 0 saturated carbocycles. The second-order valence-corrected chi connectivity index (χ2v) is 6.04. The second kappa shape index (κ2) is 6.01. The van der Waals surface area contributed by atoms with E-state index < -0.39 is 15.3 Å². The van der Waals surface area contributed by atoms with Gasteiger partial charge in [0.2, 0.25) is 10.0 Å². The summed E-state index contributed by atoms with van der Waals surface area (Å²) in [4.78, 5) is 0. The molecule has 0 spiro atoms. The van der Waals surface area contributed by atoms with Gasteiger partial charge in [0.15, 0.2) is 0 Å². The van der Waals surface area contributed by atoms with Gasteiger partial charge in [-0.25, -0.2) is 13.6 Å². The first-order valence-electron chi connectivity index (χ1n) is 5.47. The maximum Gasteiger partial charge on any atom is 0.211 e. The third-order valence-corrected chi connectivity index (χ3v) is 4.03. The van der Waals surface area contributed by atoms with Crippen LogP contribution >= 0.6 is 0 Å². The van der Waals surface area contributed by atoms with Crippen LogP contribution in [0, 0.1) is 6.07 Å². The summed E-state index contributed by atoms with van der Waals surface area (Å²) >= 11 is 0. The summed E-state index contributed by atoms with van der Waals surface area (Å²) in [6.45, 7) is 1.66. The Kier molecular flexibility index (Phi) is 4.96. The Morgan fingerprint density at radius 1 is 1.31 bits per heavy atom. The van der Waals surface area contributed by atoms with Crippen LogP contribution < -0.4 is 5.14 Å². The lowest BCUT2D eigenvalue weighted by atomic mass is 10.1. The molecule has 0 aromatic heterocycles. The molecule has 0 aliphatic carbocycles. The van der Waals surface area contributed by atoms with Gasteiger partial charge in [-0.1, -0.05) is 30.7 Å². The molecule has 3 nitrogen and oxygen atoms in total. The van der Waals surface area contributed by atoms with Crippen molar-refractivity contribution in [3.63, 3.8) is 0 Å². The fourth-order valence-corrected chi connectivity index (χ4v) is 2.01. The van der Waals surface area contributed by atoms with Crippen LogP contribution in [0.4, 0.5) is 0 Å². The first kappa shape index (κ1) is 13.2. The molecule has 1 rings (SSSR count). The van der Waals surface area contributed by atoms with Gasteiger partial charge in [-0.05, 0) is 37.8 Å². The van der Waals surface area contributed by atoms with Crippen LogP contribution in [-0.2, 0) is 16.4 Å². The standard InChI is InChI=1S/C12H18NO2S/c1-11(16(13,14)15)7-5-6-10-12-8-3-2-4-9-12/h3-4,8-9,11H,5-7,10H2,1H3,(H2,13,14,15). The number of unbranched alkanes of at least 4 members (excludes halogenated alkanes) is 1. The lowest BCUT2D eigenvalue weighted by Crippen LogP contribution is -2.25. The highest BCUT2D eigenvalue weighted by molar-refractivity contribution is 7.89. The van der Waals surface area contributed by atoms with Crippen molar-refractivity contribution in [2.75, 3.05) is 0 Å². The molecule has 0 aliphatic heterocycles. The Labute approximate surface area is 97.7 Å². The maximum absolute atomic E-state index is 11.0. The number of hydrogen-bond donors (Lipinski definition) is 1. The van der Waals surface area contributed by atoms with Crippen molar-refractivity contribution in [3.05, 3.63) is 35.9 Å². The Balaban J connectivity index is 2.23. The molecule has 0 saturated heterocycles. The van der Waals surface area contributed by atoms with Crippen molar-refractivity contribution >= 4 is 10.0 Å². The Hall–Kier alpha value is -0.870. The maximum atomic E-state index is 11.0. The third-order valence-electron chi connectivity index (χ3n) is 2.67. The molecule has 4 heteroatoms. The van der Waals surface area contributed by atoms with Gasteiger partial charge in [-0.3, -0.25) is 0 Å². The highest BCUT2D eigenvalue weighted by atomic mass is 32.2. The zero-order chi connectivity index (χ0) is 12.0. The van der Waals surface area contributed by atoms with E-state index in [1.807, 2.05) is 24.3 Å². The number of sulfonamides is 1. The number of primary sulfonamides is 1. The summed E-state index contributed by atoms with van der Waals surface area (Å²) in [7, 11) is -3.35. The van der Waals surface area contributed by atoms with Gasteiger partial charge in [-0.15, -0.1) is 0 Å². The van der Waals surface area contributed by atoms with E-state index >= 15 is 0 Å². The summed E-state index contributed by atoms with van der Waals surface area (Å²) < 4.78 is 21.9. The molecule has 89 valence electrons. The van der Waals surface area contributed by atoms with E-state index in [9.17, 15) is 8.42 Å². The molecule has 16 heavy (non-hydrogen) atoms. The highest BCUT2D eigenvalue weighted by Gasteiger charge is 2.14. The predicted octanol–water partition coefficient (Wildman–Crippen LogP) is 1.88. The van der Waals surface area contributed by atoms with E-state index in [2.05, 4.69) is 6.07 Å². The van der Waals surface area contributed by atoms with Crippen molar-refractivity contribution in [1.82, 2.24) is 0 Å². The van der Waals surface area contributed by atoms with Crippen LogP contribution in [0.25, 0.3) is 0 Å². The number of benzene rings is 1. The van der Waals surface area contributed by atoms with Gasteiger partial charge < -0.3 is 0 Å². The minimum Gasteiger partial charge on any atom is -0.228 e. The SMILES string of the molecule is CC(CCCCc1cc[c]cc1)S(N)(=O)=O. The molecule has 0 aliphatic rings. The monoisotopic (exact) mass is 240 g/mol. The van der Waals surface area contributed by atoms with Crippen LogP contribution in [0.1, 0.15) is 31.7 Å². The topological polar surface area (TPSA) is 60.2 Å². The van der Waals surface area contributed by atoms with E-state index in [-0.39, 0.29) is 0 Å². The van der Waals surface area contributed by atoms with Gasteiger partial charge in [0.1, 0.15) is 0 Å². The molecule has 0 amide bonds. The van der Waals surface area contributed by atoms with Crippen molar-refractivity contribution in [3.8, 4) is 0 Å². The molecule has 1 aromatic rings. The van der Waals surface area contributed by atoms with Crippen molar-refractivity contribution in [2.24, 2.45) is 5.14 Å². The van der Waals surface area contributed by atoms with E-state index in [1.54, 1.807) is 6.92 Å². The summed E-state index contributed by atoms with van der Waals surface area (Å²) in [6.07, 6.45) is 3.49. The second-order valence-electron chi connectivity index (χ2n) is 4.05. The molecular formula is C12H18NO2S. The zero-order valence-corrected chi connectivity index (χ0v) is 10.3. The van der Waals surface area contributed by atoms with Gasteiger partial charge in [0.05, 0.1) is 5.25 Å². The minimum atomic E-state index is -3.35. The largest absolute Gasteiger partial charge is 0.228 e. The third kappa shape index (κ3) is 4.77. The summed E-state index contributed by atoms with van der Waals surface area (Å²) in [6, 6.07) is 10.8. The van der Waals surface area contributed by atoms with E-state index in [1.165, 1.54) is 5.56 Å². The van der Waals surface area contributed by atoms with E-state index in [4.69, 9.17) is 5.14 Å². The predicted molar refractivity (Wildman–Crippen MR) is 65.4 cm³/mol. The first-order chi connectivity index (χ1) is 7.50. The van der Waals surface area contributed by atoms with Gasteiger partial charge >= 0.3 is 0 Å². The van der Waals surface area contributed by atoms with Crippen LogP contribution in [0.3, 0.4) is 0 Å². The summed E-state index contributed by atoms with van der Waals surface area (Å²) in [5, 5.41) is 4.61. The summed E-state index contributed by atoms with van der Waals surface area (Å²) in [5.74, 6) is 0. The van der Waals surface area contributed by atoms with E-state index in [0.29, 0.717) is 6.42 Å². The fraction of sp³-hybridized carbons (Fsp3) is 0.500. The molecule has 1 radical (unpaired) electrons. The van der Waals surface area contributed by atoms with Gasteiger partial charge in [-0.2, -0.15) is 0 Å². The number of hydrogen-bond acceptors (Lipinski definition) is 2. The zero-order valence-electron chi connectivity index (χ0n) is 9.52. The molecule has 0 heterocycles.